The van der Waals surface area contributed by atoms with E-state index in [1.807, 2.05) is 11.9 Å². The Morgan fingerprint density at radius 2 is 1.95 bits per heavy atom. The molecule has 0 bridgehead atoms. The van der Waals surface area contributed by atoms with Gasteiger partial charge in [-0.3, -0.25) is 9.69 Å². The SMILES string of the molecule is CN(CC1CCCCO1)C(=O)N1CCN(CC(=O)O)CC1. The maximum Gasteiger partial charge on any atom is 0.319 e. The van der Waals surface area contributed by atoms with E-state index in [0.717, 1.165) is 19.4 Å². The minimum Gasteiger partial charge on any atom is -0.480 e. The number of carboxylic acid groups (broad SMARTS) is 1. The minimum absolute atomic E-state index is 0.0131. The first-order valence-electron chi connectivity index (χ1n) is 7.62. The molecule has 0 aromatic rings. The van der Waals surface area contributed by atoms with Gasteiger partial charge in [-0.2, -0.15) is 0 Å². The highest BCUT2D eigenvalue weighted by atomic mass is 16.5. The zero-order valence-corrected chi connectivity index (χ0v) is 12.7. The molecule has 2 heterocycles. The maximum atomic E-state index is 12.4. The molecule has 1 atom stereocenters. The zero-order chi connectivity index (χ0) is 15.2. The summed E-state index contributed by atoms with van der Waals surface area (Å²) < 4.78 is 5.66. The molecule has 2 rings (SSSR count). The third-order valence-electron chi connectivity index (χ3n) is 4.08. The molecule has 2 saturated heterocycles. The summed E-state index contributed by atoms with van der Waals surface area (Å²) in [5.74, 6) is -0.818. The second-order valence-corrected chi connectivity index (χ2v) is 5.81. The largest absolute Gasteiger partial charge is 0.480 e. The number of hydrogen-bond acceptors (Lipinski definition) is 4. The van der Waals surface area contributed by atoms with Gasteiger partial charge in [-0.15, -0.1) is 0 Å². The lowest BCUT2D eigenvalue weighted by Gasteiger charge is -2.37. The molecule has 2 aliphatic heterocycles. The van der Waals surface area contributed by atoms with Crippen LogP contribution in [0.15, 0.2) is 0 Å². The van der Waals surface area contributed by atoms with Crippen molar-refractivity contribution in [3.8, 4) is 0 Å². The molecular weight excluding hydrogens is 274 g/mol. The number of piperazine rings is 1. The molecule has 7 heteroatoms. The van der Waals surface area contributed by atoms with Crippen molar-refractivity contribution < 1.29 is 19.4 Å². The van der Waals surface area contributed by atoms with Crippen LogP contribution in [-0.4, -0.2) is 90.8 Å². The summed E-state index contributed by atoms with van der Waals surface area (Å²) in [6.07, 6.45) is 3.45. The van der Waals surface area contributed by atoms with Crippen molar-refractivity contribution in [1.82, 2.24) is 14.7 Å². The topological polar surface area (TPSA) is 73.3 Å². The normalized spacial score (nSPS) is 23.9. The number of aliphatic carboxylic acids is 1. The smallest absolute Gasteiger partial charge is 0.319 e. The Hall–Kier alpha value is -1.34. The van der Waals surface area contributed by atoms with Crippen LogP contribution >= 0.6 is 0 Å². The molecule has 2 amide bonds. The summed E-state index contributed by atoms with van der Waals surface area (Å²) in [6, 6.07) is 0.0131. The number of nitrogens with zero attached hydrogens (tertiary/aromatic N) is 3. The second kappa shape index (κ2) is 7.61. The van der Waals surface area contributed by atoms with Gasteiger partial charge in [0.25, 0.3) is 0 Å². The standard InChI is InChI=1S/C14H25N3O4/c1-15(10-12-4-2-3-9-21-12)14(20)17-7-5-16(6-8-17)11-13(18)19/h12H,2-11H2,1H3,(H,18,19). The number of carbonyl (C=O) groups is 2. The molecule has 0 aliphatic carbocycles. The van der Waals surface area contributed by atoms with E-state index in [9.17, 15) is 9.59 Å². The predicted octanol–water partition coefficient (Wildman–Crippen LogP) is 0.310. The second-order valence-electron chi connectivity index (χ2n) is 5.81. The van der Waals surface area contributed by atoms with Crippen molar-refractivity contribution in [2.75, 3.05) is 52.9 Å². The molecule has 21 heavy (non-hydrogen) atoms. The number of carbonyl (C=O) groups excluding carboxylic acids is 1. The van der Waals surface area contributed by atoms with Crippen LogP contribution in [0, 0.1) is 0 Å². The molecule has 120 valence electrons. The summed E-state index contributed by atoms with van der Waals surface area (Å²) >= 11 is 0. The Bertz CT molecular complexity index is 363. The van der Waals surface area contributed by atoms with Crippen LogP contribution in [0.2, 0.25) is 0 Å². The summed E-state index contributed by atoms with van der Waals surface area (Å²) in [6.45, 7) is 3.88. The third kappa shape index (κ3) is 4.86. The van der Waals surface area contributed by atoms with E-state index in [1.165, 1.54) is 6.42 Å². The van der Waals surface area contributed by atoms with E-state index in [0.29, 0.717) is 32.7 Å². The van der Waals surface area contributed by atoms with E-state index >= 15 is 0 Å². The van der Waals surface area contributed by atoms with Crippen molar-refractivity contribution in [3.05, 3.63) is 0 Å². The summed E-state index contributed by atoms with van der Waals surface area (Å²) in [7, 11) is 1.81. The molecule has 0 saturated carbocycles. The highest BCUT2D eigenvalue weighted by molar-refractivity contribution is 5.74. The Kier molecular flexibility index (Phi) is 5.81. The van der Waals surface area contributed by atoms with Crippen LogP contribution in [0.3, 0.4) is 0 Å². The van der Waals surface area contributed by atoms with E-state index in [-0.39, 0.29) is 18.7 Å². The van der Waals surface area contributed by atoms with Crippen molar-refractivity contribution in [1.29, 1.82) is 0 Å². The average Bonchev–Trinajstić information content (AvgIpc) is 2.47. The first kappa shape index (κ1) is 16.0. The highest BCUT2D eigenvalue weighted by Crippen LogP contribution is 2.14. The highest BCUT2D eigenvalue weighted by Gasteiger charge is 2.26. The predicted molar refractivity (Wildman–Crippen MR) is 77.3 cm³/mol. The average molecular weight is 299 g/mol. The van der Waals surface area contributed by atoms with Gasteiger partial charge in [0.2, 0.25) is 0 Å². The van der Waals surface area contributed by atoms with Crippen molar-refractivity contribution in [2.45, 2.75) is 25.4 Å². The molecular formula is C14H25N3O4. The number of urea groups is 1. The fourth-order valence-electron chi connectivity index (χ4n) is 2.86. The molecule has 0 spiro atoms. The zero-order valence-electron chi connectivity index (χ0n) is 12.7. The molecule has 1 unspecified atom stereocenters. The number of rotatable bonds is 4. The van der Waals surface area contributed by atoms with Gasteiger partial charge < -0.3 is 19.6 Å². The molecule has 0 aromatic carbocycles. The van der Waals surface area contributed by atoms with Crippen LogP contribution in [0.1, 0.15) is 19.3 Å². The maximum absolute atomic E-state index is 12.4. The number of amides is 2. The first-order valence-corrected chi connectivity index (χ1v) is 7.62. The third-order valence-corrected chi connectivity index (χ3v) is 4.08. The molecule has 1 N–H and O–H groups in total. The van der Waals surface area contributed by atoms with E-state index < -0.39 is 5.97 Å². The molecule has 2 fully saturated rings. The summed E-state index contributed by atoms with van der Waals surface area (Å²) in [4.78, 5) is 28.4. The molecule has 0 radical (unpaired) electrons. The van der Waals surface area contributed by atoms with Gasteiger partial charge in [0.05, 0.1) is 12.6 Å². The number of ether oxygens (including phenoxy) is 1. The lowest BCUT2D eigenvalue weighted by atomic mass is 10.1. The quantitative estimate of drug-likeness (QED) is 0.809. The molecule has 0 aromatic heterocycles. The van der Waals surface area contributed by atoms with Crippen LogP contribution in [-0.2, 0) is 9.53 Å². The Labute approximate surface area is 125 Å². The van der Waals surface area contributed by atoms with Crippen molar-refractivity contribution in [2.24, 2.45) is 0 Å². The van der Waals surface area contributed by atoms with Crippen LogP contribution < -0.4 is 0 Å². The van der Waals surface area contributed by atoms with Gasteiger partial charge in [-0.25, -0.2) is 4.79 Å². The fraction of sp³-hybridized carbons (Fsp3) is 0.857. The van der Waals surface area contributed by atoms with Gasteiger partial charge in [0.1, 0.15) is 0 Å². The fourth-order valence-corrected chi connectivity index (χ4v) is 2.86. The van der Waals surface area contributed by atoms with Gasteiger partial charge in [0.15, 0.2) is 0 Å². The van der Waals surface area contributed by atoms with Crippen LogP contribution in [0.4, 0.5) is 4.79 Å². The van der Waals surface area contributed by atoms with Gasteiger partial charge in [-0.1, -0.05) is 0 Å². The number of hydrogen-bond donors (Lipinski definition) is 1. The summed E-state index contributed by atoms with van der Waals surface area (Å²) in [5, 5.41) is 8.77. The minimum atomic E-state index is -0.818. The first-order chi connectivity index (χ1) is 10.1. The van der Waals surface area contributed by atoms with Crippen LogP contribution in [0.25, 0.3) is 0 Å². The Morgan fingerprint density at radius 1 is 1.24 bits per heavy atom. The van der Waals surface area contributed by atoms with Gasteiger partial charge >= 0.3 is 12.0 Å². The lowest BCUT2D eigenvalue weighted by molar-refractivity contribution is -0.138. The van der Waals surface area contributed by atoms with Crippen LogP contribution in [0.5, 0.6) is 0 Å². The van der Waals surface area contributed by atoms with E-state index in [2.05, 4.69) is 0 Å². The number of carboxylic acids is 1. The van der Waals surface area contributed by atoms with E-state index in [1.54, 1.807) is 9.80 Å². The summed E-state index contributed by atoms with van der Waals surface area (Å²) in [5.41, 5.74) is 0. The Balaban J connectivity index is 1.74. The lowest BCUT2D eigenvalue weighted by Crippen LogP contribution is -2.53. The monoisotopic (exact) mass is 299 g/mol. The van der Waals surface area contributed by atoms with E-state index in [4.69, 9.17) is 9.84 Å². The Morgan fingerprint density at radius 3 is 2.52 bits per heavy atom. The van der Waals surface area contributed by atoms with Crippen molar-refractivity contribution >= 4 is 12.0 Å². The van der Waals surface area contributed by atoms with Crippen molar-refractivity contribution in [3.63, 3.8) is 0 Å². The molecule has 2 aliphatic rings. The molecule has 7 nitrogen and oxygen atoms in total. The number of likely N-dealkylation sites (N-methyl/N-ethyl adjacent to an activating group) is 1. The van der Waals surface area contributed by atoms with Gasteiger partial charge in [0, 0.05) is 46.4 Å². The van der Waals surface area contributed by atoms with Gasteiger partial charge in [-0.05, 0) is 19.3 Å².